The molecule has 0 radical (unpaired) electrons. The topological polar surface area (TPSA) is 61.9 Å². The van der Waals surface area contributed by atoms with Crippen molar-refractivity contribution < 1.29 is 27.5 Å². The highest BCUT2D eigenvalue weighted by Gasteiger charge is 2.35. The molecule has 1 heterocycles. The number of halogens is 3. The number of nitrogens with zero attached hydrogens (tertiary/aromatic N) is 2. The molecule has 3 aromatic rings. The molecule has 9 heteroatoms. The number of anilines is 2. The van der Waals surface area contributed by atoms with Gasteiger partial charge in [-0.3, -0.25) is 9.69 Å². The molecule has 1 saturated heterocycles. The predicted octanol–water partition coefficient (Wildman–Crippen LogP) is 4.82. The summed E-state index contributed by atoms with van der Waals surface area (Å²) in [6.07, 6.45) is -4.70. The van der Waals surface area contributed by atoms with Crippen molar-refractivity contribution in [2.45, 2.75) is 12.7 Å². The molecule has 6 nitrogen and oxygen atoms in total. The zero-order valence-corrected chi connectivity index (χ0v) is 19.5. The summed E-state index contributed by atoms with van der Waals surface area (Å²) in [6, 6.07) is 21.9. The van der Waals surface area contributed by atoms with Crippen molar-refractivity contribution in [2.75, 3.05) is 43.0 Å². The Balaban J connectivity index is 1.24. The Morgan fingerprint density at radius 2 is 1.47 bits per heavy atom. The zero-order chi connectivity index (χ0) is 25.5. The molecule has 188 valence electrons. The van der Waals surface area contributed by atoms with Crippen molar-refractivity contribution in [3.05, 3.63) is 95.6 Å². The van der Waals surface area contributed by atoms with E-state index < -0.39 is 35.8 Å². The number of nitrogens with one attached hydrogen (secondary N) is 1. The fourth-order valence-corrected chi connectivity index (χ4v) is 4.08. The van der Waals surface area contributed by atoms with Crippen molar-refractivity contribution in [1.82, 2.24) is 4.90 Å². The van der Waals surface area contributed by atoms with E-state index in [-0.39, 0.29) is 0 Å². The molecule has 36 heavy (non-hydrogen) atoms. The van der Waals surface area contributed by atoms with Crippen LogP contribution in [0.1, 0.15) is 21.5 Å². The smallest absolute Gasteiger partial charge is 0.417 e. The lowest BCUT2D eigenvalue weighted by atomic mass is 10.1. The Kier molecular flexibility index (Phi) is 7.90. The molecular formula is C27H26F3N3O3. The Morgan fingerprint density at radius 1 is 0.833 bits per heavy atom. The summed E-state index contributed by atoms with van der Waals surface area (Å²) >= 11 is 0. The van der Waals surface area contributed by atoms with Crippen LogP contribution in [0, 0.1) is 0 Å². The van der Waals surface area contributed by atoms with E-state index in [2.05, 4.69) is 27.2 Å². The molecule has 1 aliphatic heterocycles. The van der Waals surface area contributed by atoms with Crippen molar-refractivity contribution in [3.63, 3.8) is 0 Å². The van der Waals surface area contributed by atoms with E-state index in [9.17, 15) is 22.8 Å². The van der Waals surface area contributed by atoms with Gasteiger partial charge in [0.25, 0.3) is 5.91 Å². The number of hydrogen-bond acceptors (Lipinski definition) is 5. The van der Waals surface area contributed by atoms with Gasteiger partial charge in [-0.05, 0) is 42.0 Å². The number of piperazine rings is 1. The van der Waals surface area contributed by atoms with E-state index in [1.54, 1.807) is 12.1 Å². The van der Waals surface area contributed by atoms with E-state index in [1.807, 2.05) is 30.3 Å². The lowest BCUT2D eigenvalue weighted by molar-refractivity contribution is -0.138. The van der Waals surface area contributed by atoms with Crippen molar-refractivity contribution >= 4 is 23.3 Å². The van der Waals surface area contributed by atoms with Crippen LogP contribution in [-0.4, -0.2) is 49.6 Å². The molecule has 3 aromatic carbocycles. The number of benzene rings is 3. The number of ether oxygens (including phenoxy) is 1. The molecule has 1 N–H and O–H groups in total. The first-order valence-corrected chi connectivity index (χ1v) is 11.5. The highest BCUT2D eigenvalue weighted by atomic mass is 19.4. The average molecular weight is 498 g/mol. The molecule has 0 saturated carbocycles. The Hall–Kier alpha value is -3.85. The van der Waals surface area contributed by atoms with E-state index in [0.717, 1.165) is 50.5 Å². The molecule has 0 spiro atoms. The lowest BCUT2D eigenvalue weighted by Gasteiger charge is -2.36. The molecule has 0 aromatic heterocycles. The molecule has 0 aliphatic carbocycles. The Labute approximate surface area is 207 Å². The molecule has 0 bridgehead atoms. The first-order valence-electron chi connectivity index (χ1n) is 11.5. The van der Waals surface area contributed by atoms with Gasteiger partial charge in [0, 0.05) is 44.1 Å². The fraction of sp³-hybridized carbons (Fsp3) is 0.259. The number of esters is 1. The lowest BCUT2D eigenvalue weighted by Crippen LogP contribution is -2.45. The molecular weight excluding hydrogens is 471 g/mol. The SMILES string of the molecule is O=C(COC(=O)c1ccccc1C(F)(F)F)Nc1ccc(N2CCN(Cc3ccccc3)CC2)cc1. The molecule has 0 unspecified atom stereocenters. The quantitative estimate of drug-likeness (QED) is 0.474. The maximum atomic E-state index is 13.1. The minimum atomic E-state index is -4.70. The minimum Gasteiger partial charge on any atom is -0.452 e. The molecule has 4 rings (SSSR count). The van der Waals surface area contributed by atoms with Gasteiger partial charge < -0.3 is 15.0 Å². The zero-order valence-electron chi connectivity index (χ0n) is 19.5. The van der Waals surface area contributed by atoms with Crippen molar-refractivity contribution in [2.24, 2.45) is 0 Å². The van der Waals surface area contributed by atoms with Gasteiger partial charge in [0.1, 0.15) is 0 Å². The van der Waals surface area contributed by atoms with E-state index >= 15 is 0 Å². The maximum Gasteiger partial charge on any atom is 0.417 e. The third-order valence-electron chi connectivity index (χ3n) is 5.92. The van der Waals surface area contributed by atoms with Crippen LogP contribution < -0.4 is 10.2 Å². The maximum absolute atomic E-state index is 13.1. The molecule has 1 aliphatic rings. The standard InChI is InChI=1S/C27H26F3N3O3/c28-27(29,30)24-9-5-4-8-23(24)26(35)36-19-25(34)31-21-10-12-22(13-11-21)33-16-14-32(15-17-33)18-20-6-2-1-3-7-20/h1-13H,14-19H2,(H,31,34). The highest BCUT2D eigenvalue weighted by molar-refractivity contribution is 5.96. The summed E-state index contributed by atoms with van der Waals surface area (Å²) in [5.41, 5.74) is 1.08. The van der Waals surface area contributed by atoms with Crippen LogP contribution in [-0.2, 0) is 22.3 Å². The second kappa shape index (κ2) is 11.3. The fourth-order valence-electron chi connectivity index (χ4n) is 4.08. The minimum absolute atomic E-state index is 0.498. The summed E-state index contributed by atoms with van der Waals surface area (Å²) in [4.78, 5) is 29.0. The summed E-state index contributed by atoms with van der Waals surface area (Å²) in [5, 5.41) is 2.59. The van der Waals surface area contributed by atoms with Crippen LogP contribution in [0.5, 0.6) is 0 Å². The Bertz CT molecular complexity index is 1180. The van der Waals surface area contributed by atoms with Gasteiger partial charge >= 0.3 is 12.1 Å². The summed E-state index contributed by atoms with van der Waals surface area (Å²) in [7, 11) is 0. The van der Waals surface area contributed by atoms with E-state index in [4.69, 9.17) is 4.74 Å². The van der Waals surface area contributed by atoms with Crippen molar-refractivity contribution in [1.29, 1.82) is 0 Å². The number of carbonyl (C=O) groups excluding carboxylic acids is 2. The predicted molar refractivity (Wildman–Crippen MR) is 131 cm³/mol. The van der Waals surface area contributed by atoms with Crippen LogP contribution in [0.3, 0.4) is 0 Å². The third kappa shape index (κ3) is 6.63. The van der Waals surface area contributed by atoms with Crippen LogP contribution >= 0.6 is 0 Å². The number of hydrogen-bond donors (Lipinski definition) is 1. The largest absolute Gasteiger partial charge is 0.452 e. The van der Waals surface area contributed by atoms with Gasteiger partial charge in [0.05, 0.1) is 11.1 Å². The van der Waals surface area contributed by atoms with Gasteiger partial charge in [-0.25, -0.2) is 4.79 Å². The molecule has 1 fully saturated rings. The van der Waals surface area contributed by atoms with Gasteiger partial charge in [-0.15, -0.1) is 0 Å². The molecule has 0 atom stereocenters. The van der Waals surface area contributed by atoms with Gasteiger partial charge in [-0.1, -0.05) is 42.5 Å². The first-order chi connectivity index (χ1) is 17.3. The number of rotatable bonds is 7. The van der Waals surface area contributed by atoms with Crippen LogP contribution in [0.4, 0.5) is 24.5 Å². The average Bonchev–Trinajstić information content (AvgIpc) is 2.88. The second-order valence-electron chi connectivity index (χ2n) is 8.46. The highest BCUT2D eigenvalue weighted by Crippen LogP contribution is 2.32. The van der Waals surface area contributed by atoms with Crippen LogP contribution in [0.2, 0.25) is 0 Å². The summed E-state index contributed by atoms with van der Waals surface area (Å²) < 4.78 is 44.0. The third-order valence-corrected chi connectivity index (χ3v) is 5.92. The first kappa shape index (κ1) is 25.2. The van der Waals surface area contributed by atoms with Gasteiger partial charge in [0.2, 0.25) is 0 Å². The Morgan fingerprint density at radius 3 is 2.14 bits per heavy atom. The monoisotopic (exact) mass is 497 g/mol. The second-order valence-corrected chi connectivity index (χ2v) is 8.46. The van der Waals surface area contributed by atoms with Crippen LogP contribution in [0.15, 0.2) is 78.9 Å². The van der Waals surface area contributed by atoms with E-state index in [1.165, 1.54) is 17.7 Å². The number of carbonyl (C=O) groups is 2. The number of amides is 1. The molecule has 1 amide bonds. The van der Waals surface area contributed by atoms with Gasteiger partial charge in [0.15, 0.2) is 6.61 Å². The number of alkyl halides is 3. The van der Waals surface area contributed by atoms with Crippen LogP contribution in [0.25, 0.3) is 0 Å². The summed E-state index contributed by atoms with van der Waals surface area (Å²) in [6.45, 7) is 3.87. The van der Waals surface area contributed by atoms with Gasteiger partial charge in [-0.2, -0.15) is 13.2 Å². The van der Waals surface area contributed by atoms with E-state index in [0.29, 0.717) is 5.69 Å². The van der Waals surface area contributed by atoms with Crippen molar-refractivity contribution in [3.8, 4) is 0 Å². The summed E-state index contributed by atoms with van der Waals surface area (Å²) in [5.74, 6) is -1.85. The normalized spacial score (nSPS) is 14.4.